The van der Waals surface area contributed by atoms with Crippen LogP contribution in [0.3, 0.4) is 0 Å². The molecule has 0 aliphatic carbocycles. The van der Waals surface area contributed by atoms with Gasteiger partial charge >= 0.3 is 0 Å². The van der Waals surface area contributed by atoms with Crippen molar-refractivity contribution in [1.29, 1.82) is 0 Å². The van der Waals surface area contributed by atoms with E-state index in [4.69, 9.17) is 0 Å². The number of nitrogens with zero attached hydrogens (tertiary/aromatic N) is 2. The molecule has 0 saturated heterocycles. The van der Waals surface area contributed by atoms with E-state index in [1.54, 1.807) is 36.4 Å². The molecule has 122 valence electrons. The molecule has 0 fully saturated rings. The van der Waals surface area contributed by atoms with Gasteiger partial charge in [0, 0.05) is 11.6 Å². The highest BCUT2D eigenvalue weighted by Gasteiger charge is 2.15. The van der Waals surface area contributed by atoms with E-state index in [-0.39, 0.29) is 11.2 Å². The van der Waals surface area contributed by atoms with Gasteiger partial charge in [-0.1, -0.05) is 42.5 Å². The number of aromatic nitrogens is 2. The Bertz CT molecular complexity index is 1120. The van der Waals surface area contributed by atoms with Gasteiger partial charge in [0.15, 0.2) is 0 Å². The maximum absolute atomic E-state index is 13.7. The van der Waals surface area contributed by atoms with Crippen molar-refractivity contribution >= 4 is 10.9 Å². The second-order valence-corrected chi connectivity index (χ2v) is 5.59. The smallest absolute Gasteiger partial charge is 0.266 e. The minimum Gasteiger partial charge on any atom is -0.268 e. The van der Waals surface area contributed by atoms with Crippen LogP contribution in [-0.2, 0) is 0 Å². The molecule has 0 aliphatic rings. The zero-order valence-electron chi connectivity index (χ0n) is 13.0. The molecule has 1 aromatic heterocycles. The van der Waals surface area contributed by atoms with Crippen molar-refractivity contribution in [2.24, 2.45) is 0 Å². The number of hydrogen-bond donors (Lipinski definition) is 0. The molecule has 0 radical (unpaired) electrons. The standard InChI is InChI=1S/C20H12F2N2O/c21-14-10-15(22)12-16(11-14)24-19(13-6-2-1-3-7-13)23-18-9-5-4-8-17(18)20(24)25/h1-12H. The zero-order valence-corrected chi connectivity index (χ0v) is 13.0. The summed E-state index contributed by atoms with van der Waals surface area (Å²) >= 11 is 0. The van der Waals surface area contributed by atoms with Gasteiger partial charge in [-0.2, -0.15) is 0 Å². The molecule has 0 bridgehead atoms. The Balaban J connectivity index is 2.14. The second-order valence-electron chi connectivity index (χ2n) is 5.59. The van der Waals surface area contributed by atoms with Gasteiger partial charge in [0.1, 0.15) is 17.5 Å². The highest BCUT2D eigenvalue weighted by Crippen LogP contribution is 2.23. The zero-order chi connectivity index (χ0) is 17.4. The Hall–Kier alpha value is -3.34. The summed E-state index contributed by atoms with van der Waals surface area (Å²) in [5.41, 5.74) is 0.920. The summed E-state index contributed by atoms with van der Waals surface area (Å²) in [4.78, 5) is 17.6. The highest BCUT2D eigenvalue weighted by atomic mass is 19.1. The van der Waals surface area contributed by atoms with Crippen LogP contribution >= 0.6 is 0 Å². The van der Waals surface area contributed by atoms with Gasteiger partial charge in [-0.15, -0.1) is 0 Å². The van der Waals surface area contributed by atoms with Crippen molar-refractivity contribution in [3.05, 3.63) is 94.8 Å². The van der Waals surface area contributed by atoms with Crippen LogP contribution in [0.1, 0.15) is 0 Å². The molecule has 4 rings (SSSR count). The first-order chi connectivity index (χ1) is 12.1. The van der Waals surface area contributed by atoms with E-state index in [9.17, 15) is 13.6 Å². The van der Waals surface area contributed by atoms with Gasteiger partial charge in [0.2, 0.25) is 0 Å². The lowest BCUT2D eigenvalue weighted by Gasteiger charge is -2.14. The largest absolute Gasteiger partial charge is 0.268 e. The predicted molar refractivity (Wildman–Crippen MR) is 92.7 cm³/mol. The summed E-state index contributed by atoms with van der Waals surface area (Å²) in [7, 11) is 0. The number of hydrogen-bond acceptors (Lipinski definition) is 2. The van der Waals surface area contributed by atoms with Crippen molar-refractivity contribution in [2.75, 3.05) is 0 Å². The predicted octanol–water partition coefficient (Wildman–Crippen LogP) is 4.33. The van der Waals surface area contributed by atoms with Crippen molar-refractivity contribution in [1.82, 2.24) is 9.55 Å². The third-order valence-corrected chi connectivity index (χ3v) is 3.91. The van der Waals surface area contributed by atoms with Gasteiger partial charge < -0.3 is 0 Å². The normalized spacial score (nSPS) is 11.0. The van der Waals surface area contributed by atoms with E-state index in [0.29, 0.717) is 22.3 Å². The summed E-state index contributed by atoms with van der Waals surface area (Å²) in [6.45, 7) is 0. The van der Waals surface area contributed by atoms with Crippen LogP contribution in [0.2, 0.25) is 0 Å². The van der Waals surface area contributed by atoms with Gasteiger partial charge in [-0.3, -0.25) is 9.36 Å². The Morgan fingerprint density at radius 1 is 0.800 bits per heavy atom. The van der Waals surface area contributed by atoms with Crippen LogP contribution in [0.25, 0.3) is 28.0 Å². The fourth-order valence-electron chi connectivity index (χ4n) is 2.82. The molecule has 0 spiro atoms. The molecule has 0 aliphatic heterocycles. The van der Waals surface area contributed by atoms with Crippen molar-refractivity contribution in [3.63, 3.8) is 0 Å². The molecule has 5 heteroatoms. The van der Waals surface area contributed by atoms with E-state index in [0.717, 1.165) is 18.2 Å². The number of para-hydroxylation sites is 1. The Kier molecular flexibility index (Phi) is 3.61. The second kappa shape index (κ2) is 5.94. The molecule has 4 aromatic rings. The number of benzene rings is 3. The van der Waals surface area contributed by atoms with Crippen LogP contribution in [0.4, 0.5) is 8.78 Å². The van der Waals surface area contributed by atoms with Crippen molar-refractivity contribution in [2.45, 2.75) is 0 Å². The lowest BCUT2D eigenvalue weighted by molar-refractivity contribution is 0.581. The van der Waals surface area contributed by atoms with Gasteiger partial charge in [0.25, 0.3) is 5.56 Å². The van der Waals surface area contributed by atoms with Crippen LogP contribution in [-0.4, -0.2) is 9.55 Å². The maximum atomic E-state index is 13.7. The van der Waals surface area contributed by atoms with E-state index >= 15 is 0 Å². The molecule has 0 N–H and O–H groups in total. The number of halogens is 2. The summed E-state index contributed by atoms with van der Waals surface area (Å²) in [6, 6.07) is 19.0. The van der Waals surface area contributed by atoms with Gasteiger partial charge in [-0.25, -0.2) is 13.8 Å². The lowest BCUT2D eigenvalue weighted by Crippen LogP contribution is -2.22. The summed E-state index contributed by atoms with van der Waals surface area (Å²) in [6.07, 6.45) is 0. The van der Waals surface area contributed by atoms with Crippen LogP contribution < -0.4 is 5.56 Å². The van der Waals surface area contributed by atoms with Crippen LogP contribution in [0, 0.1) is 11.6 Å². The van der Waals surface area contributed by atoms with Gasteiger partial charge in [0.05, 0.1) is 16.6 Å². The minimum atomic E-state index is -0.755. The SMILES string of the molecule is O=c1c2ccccc2nc(-c2ccccc2)n1-c1cc(F)cc(F)c1. The fourth-order valence-corrected chi connectivity index (χ4v) is 2.82. The molecule has 3 nitrogen and oxygen atoms in total. The van der Waals surface area contributed by atoms with E-state index in [2.05, 4.69) is 4.98 Å². The van der Waals surface area contributed by atoms with Crippen molar-refractivity contribution in [3.8, 4) is 17.1 Å². The topological polar surface area (TPSA) is 34.9 Å². The fraction of sp³-hybridized carbons (Fsp3) is 0. The average molecular weight is 334 g/mol. The summed E-state index contributed by atoms with van der Waals surface area (Å²) in [5, 5.41) is 0.381. The van der Waals surface area contributed by atoms with Crippen molar-refractivity contribution < 1.29 is 8.78 Å². The number of fused-ring (bicyclic) bond motifs is 1. The minimum absolute atomic E-state index is 0.0969. The summed E-state index contributed by atoms with van der Waals surface area (Å²) < 4.78 is 28.7. The molecule has 3 aromatic carbocycles. The molecular formula is C20H12F2N2O. The molecule has 0 saturated carbocycles. The Morgan fingerprint density at radius 2 is 1.44 bits per heavy atom. The Morgan fingerprint density at radius 3 is 2.16 bits per heavy atom. The average Bonchev–Trinajstić information content (AvgIpc) is 2.61. The first-order valence-corrected chi connectivity index (χ1v) is 7.67. The number of rotatable bonds is 2. The first-order valence-electron chi connectivity index (χ1n) is 7.67. The molecule has 0 amide bonds. The maximum Gasteiger partial charge on any atom is 0.266 e. The third-order valence-electron chi connectivity index (χ3n) is 3.91. The molecular weight excluding hydrogens is 322 g/mol. The molecule has 0 atom stereocenters. The quantitative estimate of drug-likeness (QED) is 0.547. The molecule has 0 unspecified atom stereocenters. The lowest BCUT2D eigenvalue weighted by atomic mass is 10.1. The summed E-state index contributed by atoms with van der Waals surface area (Å²) in [5.74, 6) is -1.18. The van der Waals surface area contributed by atoms with E-state index in [1.807, 2.05) is 18.2 Å². The Labute approximate surface area is 141 Å². The first kappa shape index (κ1) is 15.2. The van der Waals surface area contributed by atoms with E-state index in [1.165, 1.54) is 4.57 Å². The molecule has 25 heavy (non-hydrogen) atoms. The third kappa shape index (κ3) is 2.70. The molecule has 1 heterocycles. The van der Waals surface area contributed by atoms with Crippen LogP contribution in [0.15, 0.2) is 77.6 Å². The van der Waals surface area contributed by atoms with E-state index < -0.39 is 11.6 Å². The highest BCUT2D eigenvalue weighted by molar-refractivity contribution is 5.80. The van der Waals surface area contributed by atoms with Crippen LogP contribution in [0.5, 0.6) is 0 Å². The van der Waals surface area contributed by atoms with Gasteiger partial charge in [-0.05, 0) is 24.3 Å². The monoisotopic (exact) mass is 334 g/mol.